The molecule has 0 aromatic rings. The Hall–Kier alpha value is 1.06. The van der Waals surface area contributed by atoms with Crippen molar-refractivity contribution in [2.24, 2.45) is 0 Å². The maximum Gasteiger partial charge on any atom is 3.00 e. The van der Waals surface area contributed by atoms with Crippen LogP contribution in [0.3, 0.4) is 0 Å². The molecule has 0 aromatic heterocycles. The second-order valence-electron chi connectivity index (χ2n) is 1.60. The van der Waals surface area contributed by atoms with Gasteiger partial charge in [0.05, 0.1) is 0 Å². The Kier molecular flexibility index (Phi) is 16.2. The molecule has 1 N–H and O–H groups in total. The molecule has 0 aliphatic heterocycles. The third-order valence-corrected chi connectivity index (χ3v) is 0.780. The third kappa shape index (κ3) is 10.1. The van der Waals surface area contributed by atoms with Gasteiger partial charge in [-0.05, 0) is 19.5 Å². The van der Waals surface area contributed by atoms with Crippen LogP contribution >= 0.6 is 0 Å². The van der Waals surface area contributed by atoms with Crippen molar-refractivity contribution < 1.29 is 32.7 Å². The zero-order valence-corrected chi connectivity index (χ0v) is 8.45. The first-order valence-electron chi connectivity index (χ1n) is 2.91. The summed E-state index contributed by atoms with van der Waals surface area (Å²) in [6.45, 7) is 8.06. The molecule has 0 fully saturated rings. The summed E-state index contributed by atoms with van der Waals surface area (Å²) < 4.78 is 0. The molecule has 0 aromatic carbocycles. The van der Waals surface area contributed by atoms with E-state index in [0.717, 1.165) is 19.5 Å². The van der Waals surface area contributed by atoms with Gasteiger partial charge in [-0.25, -0.2) is 0 Å². The van der Waals surface area contributed by atoms with Gasteiger partial charge in [-0.15, -0.1) is 0 Å². The van der Waals surface area contributed by atoms with Crippen molar-refractivity contribution in [2.45, 2.75) is 19.8 Å². The minimum absolute atomic E-state index is 0. The van der Waals surface area contributed by atoms with Gasteiger partial charge in [0.2, 0.25) is 0 Å². The summed E-state index contributed by atoms with van der Waals surface area (Å²) in [7, 11) is 0. The van der Waals surface area contributed by atoms with Gasteiger partial charge in [-0.1, -0.05) is 6.92 Å². The molecular weight excluding hydrogens is 175 g/mol. The fourth-order valence-electron chi connectivity index (χ4n) is 0.427. The van der Waals surface area contributed by atoms with E-state index >= 15 is 0 Å². The van der Waals surface area contributed by atoms with E-state index in [1.807, 2.05) is 0 Å². The van der Waals surface area contributed by atoms with Gasteiger partial charge in [0, 0.05) is 0 Å². The van der Waals surface area contributed by atoms with Crippen LogP contribution in [0.5, 0.6) is 0 Å². The molecule has 0 unspecified atom stereocenters. The smallest absolute Gasteiger partial charge is 0.342 e. The van der Waals surface area contributed by atoms with Crippen LogP contribution in [0.1, 0.15) is 19.8 Å². The minimum Gasteiger partial charge on any atom is -0.342 e. The zero-order valence-electron chi connectivity index (χ0n) is 5.61. The van der Waals surface area contributed by atoms with E-state index in [-0.39, 0.29) is 32.7 Å². The van der Waals surface area contributed by atoms with Crippen LogP contribution in [-0.4, -0.2) is 13.1 Å². The molecule has 0 spiro atoms. The average molecular weight is 189 g/mol. The second-order valence-corrected chi connectivity index (χ2v) is 1.60. The standard InChI is InChI=1S/C6H14N.Y/c1-3-5-7-6-4-2;/h7H,1,3-6H2,2H3;/q-1;+3. The van der Waals surface area contributed by atoms with Crippen molar-refractivity contribution in [3.05, 3.63) is 6.92 Å². The van der Waals surface area contributed by atoms with Crippen LogP contribution in [0.25, 0.3) is 0 Å². The van der Waals surface area contributed by atoms with Gasteiger partial charge in [0.15, 0.2) is 0 Å². The minimum atomic E-state index is 0. The summed E-state index contributed by atoms with van der Waals surface area (Å²) in [4.78, 5) is 0. The molecule has 2 heteroatoms. The molecule has 0 aliphatic carbocycles. The van der Waals surface area contributed by atoms with Gasteiger partial charge >= 0.3 is 32.7 Å². The third-order valence-electron chi connectivity index (χ3n) is 0.780. The topological polar surface area (TPSA) is 12.0 Å². The van der Waals surface area contributed by atoms with Crippen LogP contribution in [0, 0.1) is 6.92 Å². The molecule has 0 amide bonds. The van der Waals surface area contributed by atoms with E-state index in [2.05, 4.69) is 19.2 Å². The Morgan fingerprint density at radius 3 is 2.38 bits per heavy atom. The largest absolute Gasteiger partial charge is 3.00 e. The van der Waals surface area contributed by atoms with Crippen molar-refractivity contribution in [3.8, 4) is 0 Å². The Morgan fingerprint density at radius 2 is 2.00 bits per heavy atom. The number of rotatable bonds is 4. The van der Waals surface area contributed by atoms with Crippen molar-refractivity contribution in [2.75, 3.05) is 13.1 Å². The molecule has 0 rings (SSSR count). The predicted octanol–water partition coefficient (Wildman–Crippen LogP) is 1.21. The van der Waals surface area contributed by atoms with E-state index in [9.17, 15) is 0 Å². The van der Waals surface area contributed by atoms with Crippen LogP contribution in [0.15, 0.2) is 0 Å². The zero-order chi connectivity index (χ0) is 5.54. The molecule has 0 saturated heterocycles. The van der Waals surface area contributed by atoms with Crippen molar-refractivity contribution >= 4 is 0 Å². The van der Waals surface area contributed by atoms with Crippen molar-refractivity contribution in [3.63, 3.8) is 0 Å². The molecule has 0 aliphatic rings. The van der Waals surface area contributed by atoms with Gasteiger partial charge in [-0.3, -0.25) is 0 Å². The molecule has 1 nitrogen and oxygen atoms in total. The van der Waals surface area contributed by atoms with Crippen LogP contribution in [0.4, 0.5) is 0 Å². The van der Waals surface area contributed by atoms with Gasteiger partial charge in [-0.2, -0.15) is 6.42 Å². The first kappa shape index (κ1) is 11.8. The van der Waals surface area contributed by atoms with E-state index < -0.39 is 0 Å². The number of hydrogen-bond donors (Lipinski definition) is 1. The molecule has 0 bridgehead atoms. The molecule has 44 valence electrons. The van der Waals surface area contributed by atoms with E-state index in [4.69, 9.17) is 0 Å². The van der Waals surface area contributed by atoms with Crippen molar-refractivity contribution in [1.82, 2.24) is 5.32 Å². The van der Waals surface area contributed by atoms with E-state index in [1.54, 1.807) is 0 Å². The average Bonchev–Trinajstić information content (AvgIpc) is 1.69. The van der Waals surface area contributed by atoms with Gasteiger partial charge in [0.25, 0.3) is 0 Å². The van der Waals surface area contributed by atoms with Gasteiger partial charge in [0.1, 0.15) is 0 Å². The summed E-state index contributed by atoms with van der Waals surface area (Å²) in [5.41, 5.74) is 0. The predicted molar refractivity (Wildman–Crippen MR) is 33.1 cm³/mol. The Morgan fingerprint density at radius 1 is 1.38 bits per heavy atom. The fraction of sp³-hybridized carbons (Fsp3) is 0.833. The normalized spacial score (nSPS) is 8.25. The monoisotopic (exact) mass is 189 g/mol. The van der Waals surface area contributed by atoms with Crippen LogP contribution in [0.2, 0.25) is 0 Å². The molecule has 0 heterocycles. The molecule has 0 atom stereocenters. The van der Waals surface area contributed by atoms with E-state index in [1.165, 1.54) is 6.42 Å². The summed E-state index contributed by atoms with van der Waals surface area (Å²) in [5.74, 6) is 0. The summed E-state index contributed by atoms with van der Waals surface area (Å²) in [6.07, 6.45) is 2.22. The Balaban J connectivity index is 0. The van der Waals surface area contributed by atoms with Gasteiger partial charge < -0.3 is 12.2 Å². The van der Waals surface area contributed by atoms with E-state index in [0.29, 0.717) is 0 Å². The maximum atomic E-state index is 3.69. The maximum absolute atomic E-state index is 3.69. The van der Waals surface area contributed by atoms with Crippen molar-refractivity contribution in [1.29, 1.82) is 0 Å². The Labute approximate surface area is 77.5 Å². The number of hydrogen-bond acceptors (Lipinski definition) is 1. The SMILES string of the molecule is [CH2-]CCNCCC.[Y+3]. The Bertz CT molecular complexity index is 27.7. The summed E-state index contributed by atoms with van der Waals surface area (Å²) in [5, 5.41) is 3.22. The quantitative estimate of drug-likeness (QED) is 0.517. The first-order chi connectivity index (χ1) is 3.41. The molecule has 8 heavy (non-hydrogen) atoms. The summed E-state index contributed by atoms with van der Waals surface area (Å²) >= 11 is 0. The fourth-order valence-corrected chi connectivity index (χ4v) is 0.427. The van der Waals surface area contributed by atoms with Crippen LogP contribution in [-0.2, 0) is 32.7 Å². The number of nitrogens with one attached hydrogen (secondary N) is 1. The molecule has 0 radical (unpaired) electrons. The molecule has 0 saturated carbocycles. The second kappa shape index (κ2) is 10.9. The molecular formula is C6H14NY+2. The first-order valence-corrected chi connectivity index (χ1v) is 2.91. The van der Waals surface area contributed by atoms with Crippen LogP contribution < -0.4 is 5.32 Å². The summed E-state index contributed by atoms with van der Waals surface area (Å²) in [6, 6.07) is 0.